The molecule has 39 heavy (non-hydrogen) atoms. The van der Waals surface area contributed by atoms with Gasteiger partial charge in [-0.2, -0.15) is 5.10 Å². The first-order chi connectivity index (χ1) is 18.8. The molecule has 2 saturated carbocycles. The monoisotopic (exact) mass is 536 g/mol. The average molecular weight is 537 g/mol. The lowest BCUT2D eigenvalue weighted by Crippen LogP contribution is -2.42. The van der Waals surface area contributed by atoms with Gasteiger partial charge in [-0.3, -0.25) is 9.48 Å². The largest absolute Gasteiger partial charge is 0.481 e. The molecule has 7 heteroatoms. The number of hydrogen-bond acceptors (Lipinski definition) is 4. The summed E-state index contributed by atoms with van der Waals surface area (Å²) in [6, 6.07) is 7.11. The summed E-state index contributed by atoms with van der Waals surface area (Å²) in [5.74, 6) is 1.63. The number of benzene rings is 1. The van der Waals surface area contributed by atoms with E-state index in [-0.39, 0.29) is 11.7 Å². The Labute approximate surface area is 232 Å². The molecule has 2 aliphatic heterocycles. The minimum Gasteiger partial charge on any atom is -0.481 e. The van der Waals surface area contributed by atoms with Crippen LogP contribution in [0.1, 0.15) is 80.3 Å². The van der Waals surface area contributed by atoms with Gasteiger partial charge in [-0.15, -0.1) is 0 Å². The molecule has 1 unspecified atom stereocenters. The highest BCUT2D eigenvalue weighted by Crippen LogP contribution is 2.60. The minimum absolute atomic E-state index is 0.182. The number of carboxylic acid groups (broad SMARTS) is 1. The number of halogens is 1. The third-order valence-electron chi connectivity index (χ3n) is 10.6. The second kappa shape index (κ2) is 10.6. The van der Waals surface area contributed by atoms with Crippen molar-refractivity contribution in [2.75, 3.05) is 39.3 Å². The van der Waals surface area contributed by atoms with Crippen LogP contribution in [-0.4, -0.2) is 69.9 Å². The van der Waals surface area contributed by atoms with Crippen LogP contribution in [0.2, 0.25) is 0 Å². The molecule has 2 saturated heterocycles. The second-order valence-corrected chi connectivity index (χ2v) is 13.1. The summed E-state index contributed by atoms with van der Waals surface area (Å²) in [6.45, 7) is 13.0. The van der Waals surface area contributed by atoms with Crippen molar-refractivity contribution in [2.24, 2.45) is 23.2 Å². The lowest BCUT2D eigenvalue weighted by atomic mass is 9.82. The second-order valence-electron chi connectivity index (χ2n) is 13.1. The SMILES string of the molecule is CCc1nn(CC)c(C)c1C1CCN(C[C@@H]2CN(CC3(C(=O)O)C[C@H]4C[C@H]4C3)C[C@@H]2c2cccc(F)c2)CC1. The van der Waals surface area contributed by atoms with Crippen molar-refractivity contribution in [3.8, 4) is 0 Å². The highest BCUT2D eigenvalue weighted by molar-refractivity contribution is 5.76. The molecule has 2 aliphatic carbocycles. The number of carboxylic acids is 1. The summed E-state index contributed by atoms with van der Waals surface area (Å²) >= 11 is 0. The van der Waals surface area contributed by atoms with Crippen LogP contribution in [0, 0.1) is 35.9 Å². The van der Waals surface area contributed by atoms with Crippen molar-refractivity contribution < 1.29 is 14.3 Å². The molecule has 4 aliphatic rings. The van der Waals surface area contributed by atoms with Gasteiger partial charge in [-0.25, -0.2) is 4.39 Å². The zero-order valence-electron chi connectivity index (χ0n) is 23.9. The predicted octanol–water partition coefficient (Wildman–Crippen LogP) is 5.31. The maximum Gasteiger partial charge on any atom is 0.310 e. The number of nitrogens with zero attached hydrogens (tertiary/aromatic N) is 4. The zero-order valence-corrected chi connectivity index (χ0v) is 23.9. The van der Waals surface area contributed by atoms with Crippen molar-refractivity contribution >= 4 is 5.97 Å². The van der Waals surface area contributed by atoms with Gasteiger partial charge in [0.25, 0.3) is 0 Å². The maximum atomic E-state index is 14.3. The van der Waals surface area contributed by atoms with E-state index in [4.69, 9.17) is 5.10 Å². The molecular weight excluding hydrogens is 491 g/mol. The van der Waals surface area contributed by atoms with Gasteiger partial charge < -0.3 is 14.9 Å². The smallest absolute Gasteiger partial charge is 0.310 e. The number of piperidine rings is 1. The first kappa shape index (κ1) is 26.9. The standard InChI is InChI=1S/C32H45FN4O2/c1-4-29-30(21(3)37(5-2)34-29)22-9-11-35(12-10-22)17-26-18-36(19-28(26)23-7-6-8-27(33)14-23)20-32(31(38)39)15-24-13-25(24)16-32/h6-8,14,22,24-26,28H,4-5,9-13,15-20H2,1-3H3,(H,38,39)/t24-,25+,26-,28-,32?/m1/s1. The van der Waals surface area contributed by atoms with Crippen molar-refractivity contribution in [3.63, 3.8) is 0 Å². The first-order valence-electron chi connectivity index (χ1n) is 15.3. The van der Waals surface area contributed by atoms with Gasteiger partial charge in [-0.05, 0) is 112 Å². The van der Waals surface area contributed by atoms with Gasteiger partial charge in [0, 0.05) is 44.3 Å². The first-order valence-corrected chi connectivity index (χ1v) is 15.3. The summed E-state index contributed by atoms with van der Waals surface area (Å²) in [5.41, 5.74) is 4.55. The Kier molecular flexibility index (Phi) is 7.34. The molecule has 6 rings (SSSR count). The number of rotatable bonds is 9. The Morgan fingerprint density at radius 2 is 1.87 bits per heavy atom. The maximum absolute atomic E-state index is 14.3. The van der Waals surface area contributed by atoms with Crippen LogP contribution in [0.5, 0.6) is 0 Å². The molecule has 1 N–H and O–H groups in total. The third-order valence-corrected chi connectivity index (χ3v) is 10.6. The van der Waals surface area contributed by atoms with E-state index in [2.05, 4.69) is 41.3 Å². The van der Waals surface area contributed by atoms with Crippen LogP contribution in [-0.2, 0) is 17.8 Å². The molecule has 6 nitrogen and oxygen atoms in total. The summed E-state index contributed by atoms with van der Waals surface area (Å²) < 4.78 is 16.4. The van der Waals surface area contributed by atoms with Gasteiger partial charge in [-0.1, -0.05) is 19.1 Å². The van der Waals surface area contributed by atoms with Crippen LogP contribution < -0.4 is 0 Å². The molecule has 0 amide bonds. The Bertz CT molecular complexity index is 1190. The quantitative estimate of drug-likeness (QED) is 0.471. The molecule has 4 fully saturated rings. The van der Waals surface area contributed by atoms with Gasteiger partial charge in [0.05, 0.1) is 11.1 Å². The van der Waals surface area contributed by atoms with Gasteiger partial charge >= 0.3 is 5.97 Å². The van der Waals surface area contributed by atoms with Crippen molar-refractivity contribution in [1.29, 1.82) is 0 Å². The number of likely N-dealkylation sites (tertiary alicyclic amines) is 2. The molecular formula is C32H45FN4O2. The van der Waals surface area contributed by atoms with Crippen LogP contribution in [0.25, 0.3) is 0 Å². The molecule has 0 spiro atoms. The molecule has 2 aromatic rings. The van der Waals surface area contributed by atoms with Crippen LogP contribution in [0.4, 0.5) is 4.39 Å². The molecule has 0 bridgehead atoms. The molecule has 5 atom stereocenters. The molecule has 3 heterocycles. The Balaban J connectivity index is 1.15. The van der Waals surface area contributed by atoms with Crippen LogP contribution in [0.3, 0.4) is 0 Å². The highest BCUT2D eigenvalue weighted by Gasteiger charge is 2.58. The predicted molar refractivity (Wildman–Crippen MR) is 150 cm³/mol. The van der Waals surface area contributed by atoms with E-state index in [0.29, 0.717) is 30.2 Å². The topological polar surface area (TPSA) is 61.6 Å². The Morgan fingerprint density at radius 3 is 2.51 bits per heavy atom. The van der Waals surface area contributed by atoms with Crippen molar-refractivity contribution in [1.82, 2.24) is 19.6 Å². The fourth-order valence-corrected chi connectivity index (χ4v) is 8.54. The van der Waals surface area contributed by atoms with Crippen LogP contribution in [0.15, 0.2) is 24.3 Å². The van der Waals surface area contributed by atoms with Gasteiger partial charge in [0.15, 0.2) is 0 Å². The van der Waals surface area contributed by atoms with E-state index in [9.17, 15) is 14.3 Å². The molecule has 1 aromatic carbocycles. The summed E-state index contributed by atoms with van der Waals surface area (Å²) in [7, 11) is 0. The Hall–Kier alpha value is -2.25. The lowest BCUT2D eigenvalue weighted by Gasteiger charge is -2.35. The number of carbonyl (C=O) groups is 1. The van der Waals surface area contributed by atoms with E-state index >= 15 is 0 Å². The minimum atomic E-state index is -0.615. The zero-order chi connectivity index (χ0) is 27.3. The number of aromatic nitrogens is 2. The van der Waals surface area contributed by atoms with Crippen LogP contribution >= 0.6 is 0 Å². The van der Waals surface area contributed by atoms with E-state index in [1.807, 2.05) is 6.07 Å². The average Bonchev–Trinajstić information content (AvgIpc) is 3.22. The molecule has 212 valence electrons. The van der Waals surface area contributed by atoms with Crippen molar-refractivity contribution in [3.05, 3.63) is 52.6 Å². The van der Waals surface area contributed by atoms with Crippen molar-refractivity contribution in [2.45, 2.75) is 77.7 Å². The Morgan fingerprint density at radius 1 is 1.13 bits per heavy atom. The highest BCUT2D eigenvalue weighted by atomic mass is 19.1. The fraction of sp³-hybridized carbons (Fsp3) is 0.688. The van der Waals surface area contributed by atoms with Gasteiger partial charge in [0.2, 0.25) is 0 Å². The number of hydrogen-bond donors (Lipinski definition) is 1. The number of fused-ring (bicyclic) bond motifs is 1. The number of aliphatic carboxylic acids is 1. The normalized spacial score (nSPS) is 31.6. The van der Waals surface area contributed by atoms with E-state index < -0.39 is 11.4 Å². The van der Waals surface area contributed by atoms with E-state index in [1.165, 1.54) is 29.4 Å². The summed E-state index contributed by atoms with van der Waals surface area (Å²) in [6.07, 6.45) is 6.17. The molecule has 0 radical (unpaired) electrons. The lowest BCUT2D eigenvalue weighted by molar-refractivity contribution is -0.150. The third kappa shape index (κ3) is 5.17. The number of aryl methyl sites for hydroxylation is 2. The van der Waals surface area contributed by atoms with E-state index in [0.717, 1.165) is 76.9 Å². The fourth-order valence-electron chi connectivity index (χ4n) is 8.54. The summed E-state index contributed by atoms with van der Waals surface area (Å²) in [4.78, 5) is 17.4. The summed E-state index contributed by atoms with van der Waals surface area (Å²) in [5, 5.41) is 15.1. The van der Waals surface area contributed by atoms with E-state index in [1.54, 1.807) is 6.07 Å². The van der Waals surface area contributed by atoms with Gasteiger partial charge in [0.1, 0.15) is 5.82 Å². The molecule has 1 aromatic heterocycles.